The molecule has 0 fully saturated rings. The van der Waals surface area contributed by atoms with Crippen LogP contribution in [0.5, 0.6) is 0 Å². The Balaban J connectivity index is 2.96. The summed E-state index contributed by atoms with van der Waals surface area (Å²) in [4.78, 5) is 0. The first-order chi connectivity index (χ1) is 5.81. The summed E-state index contributed by atoms with van der Waals surface area (Å²) in [5.74, 6) is 2.51. The predicted octanol–water partition coefficient (Wildman–Crippen LogP) is -0.166. The Hall–Kier alpha value is -0.560. The molecule has 0 aromatic rings. The Bertz CT molecular complexity index is 131. The van der Waals surface area contributed by atoms with Gasteiger partial charge in [-0.25, -0.2) is 0 Å². The van der Waals surface area contributed by atoms with Gasteiger partial charge in [-0.1, -0.05) is 5.92 Å². The van der Waals surface area contributed by atoms with Crippen LogP contribution in [-0.4, -0.2) is 39.4 Å². The van der Waals surface area contributed by atoms with E-state index in [-0.39, 0.29) is 6.10 Å². The summed E-state index contributed by atoms with van der Waals surface area (Å²) in [6.45, 7) is 5.38. The predicted molar refractivity (Wildman–Crippen MR) is 51.0 cm³/mol. The molecule has 0 radical (unpaired) electrons. The summed E-state index contributed by atoms with van der Waals surface area (Å²) >= 11 is 0. The Kier molecular flexibility index (Phi) is 8.14. The highest BCUT2D eigenvalue weighted by Crippen LogP contribution is 1.81. The van der Waals surface area contributed by atoms with Crippen LogP contribution in [0.4, 0.5) is 0 Å². The van der Waals surface area contributed by atoms with Gasteiger partial charge in [-0.2, -0.15) is 0 Å². The van der Waals surface area contributed by atoms with Crippen LogP contribution >= 0.6 is 0 Å². The van der Waals surface area contributed by atoms with Crippen LogP contribution in [0.15, 0.2) is 0 Å². The third kappa shape index (κ3) is 7.55. The summed E-state index contributed by atoms with van der Waals surface area (Å²) in [5, 5.41) is 6.33. The molecule has 12 heavy (non-hydrogen) atoms. The lowest BCUT2D eigenvalue weighted by molar-refractivity contribution is 0.117. The molecule has 3 heteroatoms. The van der Waals surface area contributed by atoms with E-state index in [1.54, 1.807) is 7.11 Å². The fourth-order valence-corrected chi connectivity index (χ4v) is 0.726. The molecule has 0 saturated heterocycles. The summed E-state index contributed by atoms with van der Waals surface area (Å²) < 4.78 is 5.06. The molecule has 0 saturated carbocycles. The Morgan fingerprint density at radius 1 is 1.42 bits per heavy atom. The fraction of sp³-hybridized carbons (Fsp3) is 0.778. The summed E-state index contributed by atoms with van der Waals surface area (Å²) in [6, 6.07) is 0. The van der Waals surface area contributed by atoms with Crippen molar-refractivity contribution in [2.45, 2.75) is 13.0 Å². The number of ether oxygens (including phenoxy) is 1. The quantitative estimate of drug-likeness (QED) is 0.411. The maximum atomic E-state index is 5.06. The van der Waals surface area contributed by atoms with Gasteiger partial charge >= 0.3 is 0 Å². The van der Waals surface area contributed by atoms with E-state index >= 15 is 0 Å². The van der Waals surface area contributed by atoms with E-state index in [2.05, 4.69) is 16.6 Å². The lowest BCUT2D eigenvalue weighted by atomic mass is 10.4. The van der Waals surface area contributed by atoms with E-state index in [0.717, 1.165) is 19.6 Å². The first-order valence-corrected chi connectivity index (χ1v) is 4.19. The van der Waals surface area contributed by atoms with Gasteiger partial charge in [-0.05, 0) is 6.92 Å². The first kappa shape index (κ1) is 11.4. The topological polar surface area (TPSA) is 33.3 Å². The van der Waals surface area contributed by atoms with Crippen LogP contribution in [0.2, 0.25) is 0 Å². The van der Waals surface area contributed by atoms with Crippen molar-refractivity contribution in [3.05, 3.63) is 0 Å². The number of hydrogen-bond donors (Lipinski definition) is 2. The average Bonchev–Trinajstić information content (AvgIpc) is 2.10. The Labute approximate surface area is 74.9 Å². The Morgan fingerprint density at radius 2 is 2.08 bits per heavy atom. The van der Waals surface area contributed by atoms with Crippen LogP contribution in [0.1, 0.15) is 6.92 Å². The lowest BCUT2D eigenvalue weighted by Gasteiger charge is -2.10. The standard InChI is InChI=1S/C9H18N2O/c1-4-5-10-6-7-11-8-9(2)12-3/h1,9-11H,5-8H2,2-3H3. The SMILES string of the molecule is C#CCNCCNCC(C)OC. The zero-order valence-electron chi connectivity index (χ0n) is 7.89. The second kappa shape index (κ2) is 8.54. The van der Waals surface area contributed by atoms with Gasteiger partial charge in [0.1, 0.15) is 0 Å². The minimum absolute atomic E-state index is 0.276. The maximum Gasteiger partial charge on any atom is 0.0667 e. The molecule has 0 aliphatic rings. The molecule has 1 atom stereocenters. The molecule has 0 rings (SSSR count). The van der Waals surface area contributed by atoms with Crippen molar-refractivity contribution >= 4 is 0 Å². The molecule has 1 unspecified atom stereocenters. The van der Waals surface area contributed by atoms with E-state index in [1.807, 2.05) is 6.92 Å². The van der Waals surface area contributed by atoms with Gasteiger partial charge in [0.15, 0.2) is 0 Å². The molecule has 0 aliphatic heterocycles. The van der Waals surface area contributed by atoms with Crippen molar-refractivity contribution < 1.29 is 4.74 Å². The smallest absolute Gasteiger partial charge is 0.0667 e. The van der Waals surface area contributed by atoms with E-state index < -0.39 is 0 Å². The molecule has 0 bridgehead atoms. The molecule has 0 heterocycles. The van der Waals surface area contributed by atoms with Gasteiger partial charge in [-0.3, -0.25) is 0 Å². The highest BCUT2D eigenvalue weighted by Gasteiger charge is 1.95. The minimum atomic E-state index is 0.276. The molecule has 0 aromatic carbocycles. The summed E-state index contributed by atoms with van der Waals surface area (Å²) in [5.41, 5.74) is 0. The zero-order chi connectivity index (χ0) is 9.23. The molecule has 0 amide bonds. The van der Waals surface area contributed by atoms with Crippen molar-refractivity contribution in [3.8, 4) is 12.3 Å². The Morgan fingerprint density at radius 3 is 2.67 bits per heavy atom. The molecular weight excluding hydrogens is 152 g/mol. The highest BCUT2D eigenvalue weighted by atomic mass is 16.5. The number of rotatable bonds is 7. The summed E-state index contributed by atoms with van der Waals surface area (Å²) in [7, 11) is 1.71. The van der Waals surface area contributed by atoms with Gasteiger partial charge in [-0.15, -0.1) is 6.42 Å². The van der Waals surface area contributed by atoms with Crippen LogP contribution in [-0.2, 0) is 4.74 Å². The van der Waals surface area contributed by atoms with E-state index in [1.165, 1.54) is 0 Å². The summed E-state index contributed by atoms with van der Waals surface area (Å²) in [6.07, 6.45) is 5.34. The maximum absolute atomic E-state index is 5.06. The van der Waals surface area contributed by atoms with Crippen molar-refractivity contribution in [1.29, 1.82) is 0 Å². The van der Waals surface area contributed by atoms with Crippen LogP contribution < -0.4 is 10.6 Å². The largest absolute Gasteiger partial charge is 0.380 e. The van der Waals surface area contributed by atoms with Gasteiger partial charge in [0.05, 0.1) is 12.6 Å². The molecule has 70 valence electrons. The van der Waals surface area contributed by atoms with Gasteiger partial charge < -0.3 is 15.4 Å². The molecule has 0 aliphatic carbocycles. The third-order valence-corrected chi connectivity index (χ3v) is 1.54. The lowest BCUT2D eigenvalue weighted by Crippen LogP contribution is -2.32. The molecule has 0 spiro atoms. The van der Waals surface area contributed by atoms with Crippen LogP contribution in [0.25, 0.3) is 0 Å². The molecule has 2 N–H and O–H groups in total. The van der Waals surface area contributed by atoms with E-state index in [4.69, 9.17) is 11.2 Å². The number of terminal acetylenes is 1. The number of nitrogens with one attached hydrogen (secondary N) is 2. The second-order valence-electron chi connectivity index (χ2n) is 2.63. The fourth-order valence-electron chi connectivity index (χ4n) is 0.726. The van der Waals surface area contributed by atoms with Gasteiger partial charge in [0.25, 0.3) is 0 Å². The first-order valence-electron chi connectivity index (χ1n) is 4.19. The molecule has 0 aromatic heterocycles. The van der Waals surface area contributed by atoms with Gasteiger partial charge in [0.2, 0.25) is 0 Å². The van der Waals surface area contributed by atoms with Crippen molar-refractivity contribution in [1.82, 2.24) is 10.6 Å². The van der Waals surface area contributed by atoms with Crippen molar-refractivity contribution in [2.75, 3.05) is 33.3 Å². The zero-order valence-corrected chi connectivity index (χ0v) is 7.89. The van der Waals surface area contributed by atoms with Crippen LogP contribution in [0.3, 0.4) is 0 Å². The molecule has 3 nitrogen and oxygen atoms in total. The van der Waals surface area contributed by atoms with Gasteiger partial charge in [0, 0.05) is 26.7 Å². The van der Waals surface area contributed by atoms with Crippen molar-refractivity contribution in [3.63, 3.8) is 0 Å². The van der Waals surface area contributed by atoms with E-state index in [0.29, 0.717) is 6.54 Å². The average molecular weight is 170 g/mol. The van der Waals surface area contributed by atoms with Crippen LogP contribution in [0, 0.1) is 12.3 Å². The normalized spacial score (nSPS) is 12.4. The van der Waals surface area contributed by atoms with E-state index in [9.17, 15) is 0 Å². The third-order valence-electron chi connectivity index (χ3n) is 1.54. The number of hydrogen-bond acceptors (Lipinski definition) is 3. The monoisotopic (exact) mass is 170 g/mol. The second-order valence-corrected chi connectivity index (χ2v) is 2.63. The highest BCUT2D eigenvalue weighted by molar-refractivity contribution is 4.86. The van der Waals surface area contributed by atoms with Crippen molar-refractivity contribution in [2.24, 2.45) is 0 Å². The minimum Gasteiger partial charge on any atom is -0.380 e. The molecular formula is C9H18N2O. The number of methoxy groups -OCH3 is 1.